The summed E-state index contributed by atoms with van der Waals surface area (Å²) in [5.41, 5.74) is 5.02. The molecule has 30 heavy (non-hydrogen) atoms. The van der Waals surface area contributed by atoms with E-state index in [0.29, 0.717) is 16.9 Å². The fraction of sp³-hybridized carbons (Fsp3) is 0.158. The number of benzene rings is 1. The van der Waals surface area contributed by atoms with Gasteiger partial charge in [-0.1, -0.05) is 0 Å². The summed E-state index contributed by atoms with van der Waals surface area (Å²) < 4.78 is 26.6. The van der Waals surface area contributed by atoms with Crippen molar-refractivity contribution in [3.05, 3.63) is 53.7 Å². The van der Waals surface area contributed by atoms with Gasteiger partial charge in [0.05, 0.1) is 0 Å². The number of fused-ring (bicyclic) bond motifs is 4. The van der Waals surface area contributed by atoms with Crippen LogP contribution >= 0.6 is 0 Å². The summed E-state index contributed by atoms with van der Waals surface area (Å²) in [7, 11) is 1.42. The average molecular weight is 634 g/mol. The normalized spacial score (nSPS) is 17.9. The number of rotatable bonds is 3. The van der Waals surface area contributed by atoms with Crippen molar-refractivity contribution in [3.8, 4) is 17.0 Å². The van der Waals surface area contributed by atoms with Gasteiger partial charge in [-0.3, -0.25) is 0 Å². The Morgan fingerprint density at radius 2 is 2.23 bits per heavy atom. The molecule has 4 heterocycles. The van der Waals surface area contributed by atoms with Crippen molar-refractivity contribution in [1.82, 2.24) is 17.0 Å². The quantitative estimate of drug-likeness (QED) is 0.0889. The zero-order chi connectivity index (χ0) is 20.7. The number of anilines is 3. The van der Waals surface area contributed by atoms with Gasteiger partial charge in [0.15, 0.2) is 0 Å². The number of amides is 1. The molecule has 0 saturated carbocycles. The molecule has 0 aliphatic carbocycles. The maximum atomic E-state index is 14.3. The molecule has 1 atom stereocenters. The van der Waals surface area contributed by atoms with Crippen molar-refractivity contribution in [2.24, 2.45) is 0 Å². The van der Waals surface area contributed by atoms with E-state index in [2.05, 4.69) is 25.9 Å². The van der Waals surface area contributed by atoms with Crippen molar-refractivity contribution in [2.45, 2.75) is 10.5 Å². The molecule has 5 rings (SSSR count). The summed E-state index contributed by atoms with van der Waals surface area (Å²) in [6, 6.07) is 6.57. The third-order valence-electron chi connectivity index (χ3n) is 4.85. The van der Waals surface area contributed by atoms with Crippen LogP contribution in [0.2, 0.25) is 0 Å². The van der Waals surface area contributed by atoms with Gasteiger partial charge in [0.2, 0.25) is 0 Å². The molecule has 0 fully saturated rings. The number of carbonyl (C=O) groups excluding carboxylic acids is 1. The maximum absolute atomic E-state index is 14.3. The summed E-state index contributed by atoms with van der Waals surface area (Å²) in [6.45, 7) is 0. The van der Waals surface area contributed by atoms with Crippen LogP contribution in [0, 0.1) is 5.82 Å². The van der Waals surface area contributed by atoms with Gasteiger partial charge in [-0.15, -0.1) is 0 Å². The fourth-order valence-corrected chi connectivity index (χ4v) is 9.27. The molecular formula is C19H17FI2N6O2-2. The Morgan fingerprint density at radius 3 is 3.10 bits per heavy atom. The SMILES string of the molecule is COc1c(F)cccc1Nc1c2[nH]c3c1C(=O)N[C@H](C3)[I-]N[I-]Nc1cnccc1-2. The number of aromatic amines is 1. The number of nitrogens with one attached hydrogen (secondary N) is 5. The molecule has 3 aromatic rings. The number of H-pyrrole nitrogens is 1. The Kier molecular flexibility index (Phi) is 5.41. The molecule has 2 aromatic heterocycles. The summed E-state index contributed by atoms with van der Waals surface area (Å²) in [4.78, 5) is 20.8. The molecule has 0 spiro atoms. The third-order valence-corrected chi connectivity index (χ3v) is 10.6. The van der Waals surface area contributed by atoms with Crippen LogP contribution in [0.3, 0.4) is 0 Å². The van der Waals surface area contributed by atoms with Gasteiger partial charge in [0.1, 0.15) is 0 Å². The van der Waals surface area contributed by atoms with Crippen LogP contribution in [-0.2, 0) is 6.42 Å². The molecule has 0 unspecified atom stereocenters. The molecule has 2 aliphatic rings. The first-order valence-corrected chi connectivity index (χ1v) is 13.5. The number of alkyl halides is 1. The molecule has 2 aliphatic heterocycles. The minimum absolute atomic E-state index is 0.0996. The number of carbonyl (C=O) groups is 1. The Balaban J connectivity index is 1.72. The van der Waals surface area contributed by atoms with Crippen LogP contribution in [0.15, 0.2) is 36.7 Å². The molecule has 3 bridgehead atoms. The second-order valence-electron chi connectivity index (χ2n) is 6.61. The second kappa shape index (κ2) is 8.19. The predicted octanol–water partition coefficient (Wildman–Crippen LogP) is -3.48. The summed E-state index contributed by atoms with van der Waals surface area (Å²) in [5.74, 6) is -0.507. The number of para-hydroxylation sites is 1. The molecule has 0 radical (unpaired) electrons. The number of halogens is 3. The fourth-order valence-electron chi connectivity index (χ4n) is 3.57. The van der Waals surface area contributed by atoms with E-state index < -0.39 is 49.0 Å². The average Bonchev–Trinajstić information content (AvgIpc) is 3.08. The Hall–Kier alpha value is -2.13. The summed E-state index contributed by atoms with van der Waals surface area (Å²) in [6.07, 6.45) is 4.22. The van der Waals surface area contributed by atoms with Gasteiger partial charge in [0.25, 0.3) is 0 Å². The number of methoxy groups -OCH3 is 1. The molecular weight excluding hydrogens is 617 g/mol. The topological polar surface area (TPSA) is 103 Å². The molecule has 0 saturated heterocycles. The molecule has 1 aromatic carbocycles. The predicted molar refractivity (Wildman–Crippen MR) is 102 cm³/mol. The van der Waals surface area contributed by atoms with E-state index in [-0.39, 0.29) is 15.7 Å². The van der Waals surface area contributed by atoms with Crippen molar-refractivity contribution in [2.75, 3.05) is 16.0 Å². The number of hydrogen-bond donors (Lipinski definition) is 5. The van der Waals surface area contributed by atoms with Gasteiger partial charge in [0, 0.05) is 0 Å². The number of pyridine rings is 1. The Morgan fingerprint density at radius 1 is 1.33 bits per heavy atom. The number of aromatic nitrogens is 2. The summed E-state index contributed by atoms with van der Waals surface area (Å²) >= 11 is -0.884. The van der Waals surface area contributed by atoms with Gasteiger partial charge in [-0.25, -0.2) is 0 Å². The number of nitrogens with zero attached hydrogens (tertiary/aromatic N) is 1. The van der Waals surface area contributed by atoms with E-state index >= 15 is 0 Å². The summed E-state index contributed by atoms with van der Waals surface area (Å²) in [5, 5.41) is 6.39. The van der Waals surface area contributed by atoms with E-state index in [1.165, 1.54) is 13.2 Å². The van der Waals surface area contributed by atoms with E-state index in [1.54, 1.807) is 24.5 Å². The zero-order valence-electron chi connectivity index (χ0n) is 15.6. The van der Waals surface area contributed by atoms with Crippen molar-refractivity contribution >= 4 is 23.0 Å². The first-order chi connectivity index (χ1) is 14.7. The first-order valence-electron chi connectivity index (χ1n) is 9.01. The van der Waals surface area contributed by atoms with Crippen molar-refractivity contribution in [3.63, 3.8) is 0 Å². The van der Waals surface area contributed by atoms with Gasteiger partial charge < -0.3 is 0 Å². The van der Waals surface area contributed by atoms with Crippen LogP contribution in [0.1, 0.15) is 16.1 Å². The van der Waals surface area contributed by atoms with Crippen LogP contribution < -0.4 is 63.9 Å². The van der Waals surface area contributed by atoms with Crippen LogP contribution in [0.4, 0.5) is 21.5 Å². The van der Waals surface area contributed by atoms with Crippen LogP contribution in [0.5, 0.6) is 5.75 Å². The number of ether oxygens (including phenoxy) is 1. The van der Waals surface area contributed by atoms with Crippen LogP contribution in [0.25, 0.3) is 11.3 Å². The molecule has 5 N–H and O–H groups in total. The molecule has 8 nitrogen and oxygen atoms in total. The van der Waals surface area contributed by atoms with E-state index in [1.807, 2.05) is 6.07 Å². The van der Waals surface area contributed by atoms with Gasteiger partial charge in [-0.05, 0) is 0 Å². The van der Waals surface area contributed by atoms with Crippen molar-refractivity contribution < 1.29 is 57.2 Å². The monoisotopic (exact) mass is 634 g/mol. The van der Waals surface area contributed by atoms with Crippen molar-refractivity contribution in [1.29, 1.82) is 0 Å². The van der Waals surface area contributed by atoms with Gasteiger partial charge in [-0.2, -0.15) is 0 Å². The Labute approximate surface area is 193 Å². The molecule has 158 valence electrons. The second-order valence-corrected chi connectivity index (χ2v) is 13.0. The van der Waals surface area contributed by atoms with Crippen LogP contribution in [-0.4, -0.2) is 27.0 Å². The van der Waals surface area contributed by atoms with Gasteiger partial charge >= 0.3 is 194 Å². The number of hydrogen-bond acceptors (Lipinski definition) is 6. The van der Waals surface area contributed by atoms with E-state index in [9.17, 15) is 9.18 Å². The van der Waals surface area contributed by atoms with E-state index in [0.717, 1.165) is 29.1 Å². The minimum atomic E-state index is -0.477. The third kappa shape index (κ3) is 3.47. The molecule has 1 amide bonds. The molecule has 11 heteroatoms. The first kappa shape index (κ1) is 19.8. The Bertz CT molecular complexity index is 1140. The zero-order valence-corrected chi connectivity index (χ0v) is 20.0. The van der Waals surface area contributed by atoms with E-state index in [4.69, 9.17) is 4.74 Å². The standard InChI is InChI=1S/C19H17FI2N6O2/c1-30-18-10(20)3-2-4-11(18)24-17-15-12-7-14(26-19(15)29)21-28-22-27-13-8-23-6-5-9(13)16(17)25-12/h2-6,8,14,24-25,27-28H,7H2,1H3,(H,26,29)/q-2/t14-/m1/s1.